The maximum absolute atomic E-state index is 13.4. The Morgan fingerprint density at radius 3 is 2.58 bits per heavy atom. The lowest BCUT2D eigenvalue weighted by atomic mass is 9.74. The van der Waals surface area contributed by atoms with Crippen molar-refractivity contribution in [2.75, 3.05) is 26.7 Å². The molecule has 0 saturated carbocycles. The van der Waals surface area contributed by atoms with Crippen LogP contribution in [0.5, 0.6) is 5.75 Å². The van der Waals surface area contributed by atoms with Gasteiger partial charge in [-0.25, -0.2) is 14.4 Å². The van der Waals surface area contributed by atoms with E-state index in [-0.39, 0.29) is 5.82 Å². The molecule has 3 aliphatic heterocycles. The van der Waals surface area contributed by atoms with Crippen molar-refractivity contribution in [3.8, 4) is 17.0 Å². The quantitative estimate of drug-likeness (QED) is 0.576. The van der Waals surface area contributed by atoms with Crippen molar-refractivity contribution in [1.29, 1.82) is 0 Å². The van der Waals surface area contributed by atoms with Crippen LogP contribution in [0.4, 0.5) is 4.39 Å². The molecule has 5 nitrogen and oxygen atoms in total. The Morgan fingerprint density at radius 2 is 1.88 bits per heavy atom. The smallest absolute Gasteiger partial charge is 0.126 e. The summed E-state index contributed by atoms with van der Waals surface area (Å²) in [5.41, 5.74) is 4.22. The summed E-state index contributed by atoms with van der Waals surface area (Å²) < 4.78 is 18.6. The molecule has 6 heteroatoms. The molecule has 1 aromatic heterocycles. The van der Waals surface area contributed by atoms with Crippen LogP contribution in [0.1, 0.15) is 35.8 Å². The van der Waals surface area contributed by atoms with Crippen molar-refractivity contribution in [2.45, 2.75) is 38.3 Å². The van der Waals surface area contributed by atoms with Crippen molar-refractivity contribution < 1.29 is 9.13 Å². The summed E-state index contributed by atoms with van der Waals surface area (Å²) in [4.78, 5) is 12.1. The van der Waals surface area contributed by atoms with Crippen molar-refractivity contribution in [3.05, 3.63) is 77.5 Å². The van der Waals surface area contributed by atoms with E-state index in [1.165, 1.54) is 30.5 Å². The molecule has 6 rings (SSSR count). The van der Waals surface area contributed by atoms with Gasteiger partial charge in [0.1, 0.15) is 17.4 Å². The number of fused-ring (bicyclic) bond motifs is 3. The van der Waals surface area contributed by atoms with Gasteiger partial charge in [-0.1, -0.05) is 12.1 Å². The molecular weight excluding hydrogens is 415 g/mol. The average molecular weight is 447 g/mol. The third-order valence-electron chi connectivity index (χ3n) is 7.12. The second-order valence-corrected chi connectivity index (χ2v) is 9.25. The van der Waals surface area contributed by atoms with Crippen LogP contribution in [0.25, 0.3) is 11.3 Å². The fraction of sp³-hybridized carbons (Fsp3) is 0.407. The Bertz CT molecular complexity index is 1090. The fourth-order valence-electron chi connectivity index (χ4n) is 5.36. The Labute approximate surface area is 195 Å². The van der Waals surface area contributed by atoms with Crippen LogP contribution in [0.15, 0.2) is 54.6 Å². The molecule has 3 saturated heterocycles. The number of ether oxygens (including phenoxy) is 1. The lowest BCUT2D eigenvalue weighted by Gasteiger charge is -2.50. The lowest BCUT2D eigenvalue weighted by Crippen LogP contribution is -2.55. The van der Waals surface area contributed by atoms with E-state index in [2.05, 4.69) is 33.4 Å². The molecule has 0 amide bonds. The zero-order chi connectivity index (χ0) is 22.8. The van der Waals surface area contributed by atoms with Gasteiger partial charge >= 0.3 is 0 Å². The maximum atomic E-state index is 13.4. The van der Waals surface area contributed by atoms with Gasteiger partial charge in [0.15, 0.2) is 0 Å². The zero-order valence-corrected chi connectivity index (χ0v) is 19.3. The standard InChI is InChI=1S/C27H31FN4O/c1-18-30-26(20-5-7-22(28)8-6-20)14-27(31-18)25-17-32-12-11-21(25)13-23(32)16-29-15-19-3-9-24(33-2)10-4-19/h3-10,14,21,23,25,29H,11-13,15-17H2,1-2H3/t21-,23+,25+/m0/s1. The molecule has 3 aliphatic rings. The Kier molecular flexibility index (Phi) is 6.38. The highest BCUT2D eigenvalue weighted by Crippen LogP contribution is 2.41. The molecule has 3 aromatic rings. The van der Waals surface area contributed by atoms with Gasteiger partial charge in [0, 0.05) is 42.9 Å². The Balaban J connectivity index is 1.23. The topological polar surface area (TPSA) is 50.3 Å². The molecule has 1 N–H and O–H groups in total. The summed E-state index contributed by atoms with van der Waals surface area (Å²) in [5.74, 6) is 2.51. The van der Waals surface area contributed by atoms with Crippen molar-refractivity contribution in [1.82, 2.24) is 20.2 Å². The number of aryl methyl sites for hydroxylation is 1. The number of nitrogens with zero attached hydrogens (tertiary/aromatic N) is 3. The highest BCUT2D eigenvalue weighted by atomic mass is 19.1. The lowest BCUT2D eigenvalue weighted by molar-refractivity contribution is 0.0292. The van der Waals surface area contributed by atoms with Crippen LogP contribution >= 0.6 is 0 Å². The number of benzene rings is 2. The van der Waals surface area contributed by atoms with Gasteiger partial charge in [-0.05, 0) is 80.3 Å². The fourth-order valence-corrected chi connectivity index (χ4v) is 5.36. The molecular formula is C27H31FN4O. The van der Waals surface area contributed by atoms with E-state index in [0.717, 1.165) is 54.7 Å². The first-order valence-electron chi connectivity index (χ1n) is 11.8. The Hall–Kier alpha value is -2.83. The highest BCUT2D eigenvalue weighted by molar-refractivity contribution is 5.59. The van der Waals surface area contributed by atoms with E-state index >= 15 is 0 Å². The van der Waals surface area contributed by atoms with Gasteiger partial charge in [-0.2, -0.15) is 0 Å². The molecule has 0 spiro atoms. The molecule has 172 valence electrons. The maximum Gasteiger partial charge on any atom is 0.126 e. The number of hydrogen-bond acceptors (Lipinski definition) is 5. The SMILES string of the molecule is COc1ccc(CNC[C@H]2C[C@@H]3CCN2C[C@H]3c2cc(-c3ccc(F)cc3)nc(C)n2)cc1. The summed E-state index contributed by atoms with van der Waals surface area (Å²) in [5, 5.41) is 3.65. The first-order chi connectivity index (χ1) is 16.1. The van der Waals surface area contributed by atoms with Crippen LogP contribution < -0.4 is 10.1 Å². The average Bonchev–Trinajstić information content (AvgIpc) is 2.85. The van der Waals surface area contributed by atoms with Gasteiger partial charge < -0.3 is 10.1 Å². The van der Waals surface area contributed by atoms with Crippen LogP contribution in [0.2, 0.25) is 0 Å². The molecule has 4 atom stereocenters. The van der Waals surface area contributed by atoms with E-state index < -0.39 is 0 Å². The van der Waals surface area contributed by atoms with E-state index in [0.29, 0.717) is 17.9 Å². The molecule has 33 heavy (non-hydrogen) atoms. The molecule has 3 fully saturated rings. The van der Waals surface area contributed by atoms with Gasteiger partial charge in [-0.3, -0.25) is 4.90 Å². The summed E-state index contributed by atoms with van der Waals surface area (Å²) in [6.45, 7) is 6.01. The van der Waals surface area contributed by atoms with Crippen LogP contribution in [0, 0.1) is 18.7 Å². The van der Waals surface area contributed by atoms with Crippen molar-refractivity contribution >= 4 is 0 Å². The number of aromatic nitrogens is 2. The minimum Gasteiger partial charge on any atom is -0.497 e. The van der Waals surface area contributed by atoms with Gasteiger partial charge in [-0.15, -0.1) is 0 Å². The predicted molar refractivity (Wildman–Crippen MR) is 128 cm³/mol. The molecule has 2 aromatic carbocycles. The normalized spacial score (nSPS) is 24.1. The number of methoxy groups -OCH3 is 1. The van der Waals surface area contributed by atoms with Crippen LogP contribution in [0.3, 0.4) is 0 Å². The van der Waals surface area contributed by atoms with E-state index in [1.54, 1.807) is 19.2 Å². The molecule has 2 bridgehead atoms. The van der Waals surface area contributed by atoms with Crippen LogP contribution in [-0.4, -0.2) is 47.7 Å². The first kappa shape index (κ1) is 22.0. The zero-order valence-electron chi connectivity index (χ0n) is 19.3. The second kappa shape index (κ2) is 9.57. The number of halogens is 1. The van der Waals surface area contributed by atoms with E-state index in [1.807, 2.05) is 19.1 Å². The number of hydrogen-bond donors (Lipinski definition) is 1. The van der Waals surface area contributed by atoms with Gasteiger partial charge in [0.05, 0.1) is 12.8 Å². The largest absolute Gasteiger partial charge is 0.497 e. The third kappa shape index (κ3) is 4.92. The van der Waals surface area contributed by atoms with E-state index in [9.17, 15) is 4.39 Å². The third-order valence-corrected chi connectivity index (χ3v) is 7.12. The number of nitrogens with one attached hydrogen (secondary N) is 1. The van der Waals surface area contributed by atoms with Gasteiger partial charge in [0.25, 0.3) is 0 Å². The molecule has 0 radical (unpaired) electrons. The second-order valence-electron chi connectivity index (χ2n) is 9.25. The number of piperidine rings is 3. The summed E-state index contributed by atoms with van der Waals surface area (Å²) in [7, 11) is 1.69. The van der Waals surface area contributed by atoms with Crippen LogP contribution in [-0.2, 0) is 6.54 Å². The molecule has 4 heterocycles. The molecule has 0 aliphatic carbocycles. The van der Waals surface area contributed by atoms with Gasteiger partial charge in [0.2, 0.25) is 0 Å². The summed E-state index contributed by atoms with van der Waals surface area (Å²) in [6, 6.07) is 17.5. The first-order valence-corrected chi connectivity index (χ1v) is 11.8. The van der Waals surface area contributed by atoms with Crippen molar-refractivity contribution in [3.63, 3.8) is 0 Å². The van der Waals surface area contributed by atoms with Crippen molar-refractivity contribution in [2.24, 2.45) is 5.92 Å². The summed E-state index contributed by atoms with van der Waals surface area (Å²) in [6.07, 6.45) is 2.41. The minimum atomic E-state index is -0.228. The van der Waals surface area contributed by atoms with E-state index in [4.69, 9.17) is 9.72 Å². The highest BCUT2D eigenvalue weighted by Gasteiger charge is 2.41. The summed E-state index contributed by atoms with van der Waals surface area (Å²) >= 11 is 0. The predicted octanol–water partition coefficient (Wildman–Crippen LogP) is 4.57. The monoisotopic (exact) mass is 446 g/mol. The minimum absolute atomic E-state index is 0.228. The Morgan fingerprint density at radius 1 is 1.09 bits per heavy atom. The number of rotatable bonds is 7. The molecule has 1 unspecified atom stereocenters.